The highest BCUT2D eigenvalue weighted by Gasteiger charge is 2.34. The normalized spacial score (nSPS) is 30.8. The molecule has 1 aliphatic rings. The van der Waals surface area contributed by atoms with Crippen molar-refractivity contribution in [2.75, 3.05) is 27.3 Å². The predicted molar refractivity (Wildman–Crippen MR) is 51.0 cm³/mol. The van der Waals surface area contributed by atoms with E-state index >= 15 is 0 Å². The Kier molecular flexibility index (Phi) is 3.32. The quantitative estimate of drug-likeness (QED) is 0.654. The molecule has 0 radical (unpaired) electrons. The van der Waals surface area contributed by atoms with E-state index in [1.54, 1.807) is 14.1 Å². The van der Waals surface area contributed by atoms with E-state index in [-0.39, 0.29) is 11.2 Å². The van der Waals surface area contributed by atoms with Gasteiger partial charge in [0.2, 0.25) is 10.0 Å². The molecule has 0 aromatic heterocycles. The average Bonchev–Trinajstić information content (AvgIpc) is 2.04. The first-order valence-corrected chi connectivity index (χ1v) is 5.95. The van der Waals surface area contributed by atoms with Crippen LogP contribution in [0.1, 0.15) is 13.3 Å². The Balaban J connectivity index is 2.80. The maximum absolute atomic E-state index is 11.8. The van der Waals surface area contributed by atoms with Crippen molar-refractivity contribution in [1.82, 2.24) is 4.31 Å². The van der Waals surface area contributed by atoms with Crippen LogP contribution in [0.2, 0.25) is 0 Å². The van der Waals surface area contributed by atoms with Crippen molar-refractivity contribution in [2.24, 2.45) is 5.92 Å². The van der Waals surface area contributed by atoms with Crippen LogP contribution in [0.4, 0.5) is 0 Å². The summed E-state index contributed by atoms with van der Waals surface area (Å²) in [5.74, 6) is 0.0983. The Morgan fingerprint density at radius 3 is 2.46 bits per heavy atom. The molecule has 0 bridgehead atoms. The molecule has 1 aliphatic heterocycles. The molecule has 0 aromatic carbocycles. The highest BCUT2D eigenvalue weighted by molar-refractivity contribution is 7.89. The van der Waals surface area contributed by atoms with E-state index in [1.807, 2.05) is 6.92 Å². The zero-order chi connectivity index (χ0) is 10.1. The Labute approximate surface area is 79.9 Å². The molecule has 1 heterocycles. The number of nitrogens with zero attached hydrogens (tertiary/aromatic N) is 1. The summed E-state index contributed by atoms with van der Waals surface area (Å²) in [5.41, 5.74) is 0. The van der Waals surface area contributed by atoms with E-state index in [0.29, 0.717) is 19.6 Å². The van der Waals surface area contributed by atoms with E-state index in [9.17, 15) is 8.42 Å². The summed E-state index contributed by atoms with van der Waals surface area (Å²) < 4.78 is 30.0. The minimum atomic E-state index is -3.10. The van der Waals surface area contributed by atoms with Gasteiger partial charge in [-0.1, -0.05) is 6.92 Å². The van der Waals surface area contributed by atoms with Gasteiger partial charge in [-0.25, -0.2) is 12.7 Å². The molecule has 0 amide bonds. The third-order valence-corrected chi connectivity index (χ3v) is 4.94. The lowest BCUT2D eigenvalue weighted by atomic mass is 10.0. The second-order valence-corrected chi connectivity index (χ2v) is 6.07. The molecular weight excluding hydrogens is 190 g/mol. The van der Waals surface area contributed by atoms with Crippen LogP contribution in [-0.4, -0.2) is 45.3 Å². The molecule has 5 heteroatoms. The zero-order valence-corrected chi connectivity index (χ0v) is 9.17. The highest BCUT2D eigenvalue weighted by Crippen LogP contribution is 2.22. The lowest BCUT2D eigenvalue weighted by molar-refractivity contribution is 0.0628. The first-order chi connectivity index (χ1) is 5.96. The lowest BCUT2D eigenvalue weighted by Gasteiger charge is -2.30. The number of ether oxygens (including phenoxy) is 1. The smallest absolute Gasteiger partial charge is 0.216 e. The molecule has 4 nitrogen and oxygen atoms in total. The van der Waals surface area contributed by atoms with Crippen molar-refractivity contribution in [3.8, 4) is 0 Å². The number of rotatable bonds is 2. The van der Waals surface area contributed by atoms with Gasteiger partial charge in [0, 0.05) is 20.7 Å². The molecule has 0 aliphatic carbocycles. The van der Waals surface area contributed by atoms with Crippen LogP contribution in [0.25, 0.3) is 0 Å². The van der Waals surface area contributed by atoms with Gasteiger partial charge in [0.15, 0.2) is 0 Å². The topological polar surface area (TPSA) is 46.6 Å². The highest BCUT2D eigenvalue weighted by atomic mass is 32.2. The molecule has 0 N–H and O–H groups in total. The van der Waals surface area contributed by atoms with Gasteiger partial charge in [-0.05, 0) is 12.3 Å². The molecule has 1 saturated heterocycles. The molecule has 0 spiro atoms. The standard InChI is InChI=1S/C8H17NO3S/c1-7-6-12-5-4-8(7)13(10,11)9(2)3/h7-8H,4-6H2,1-3H3/t7-,8-/m0/s1. The van der Waals surface area contributed by atoms with Crippen molar-refractivity contribution < 1.29 is 13.2 Å². The Bertz CT molecular complexity index is 261. The minimum absolute atomic E-state index is 0.0983. The maximum atomic E-state index is 11.8. The third-order valence-electron chi connectivity index (χ3n) is 2.45. The lowest BCUT2D eigenvalue weighted by Crippen LogP contribution is -2.42. The summed E-state index contributed by atoms with van der Waals surface area (Å²) >= 11 is 0. The third kappa shape index (κ3) is 2.21. The van der Waals surface area contributed by atoms with Gasteiger partial charge in [-0.3, -0.25) is 0 Å². The van der Waals surface area contributed by atoms with Gasteiger partial charge >= 0.3 is 0 Å². The molecule has 2 atom stereocenters. The summed E-state index contributed by atoms with van der Waals surface area (Å²) in [4.78, 5) is 0. The monoisotopic (exact) mass is 207 g/mol. The SMILES string of the molecule is C[C@H]1COCC[C@@H]1S(=O)(=O)N(C)C. The van der Waals surface area contributed by atoms with Crippen LogP contribution in [0.15, 0.2) is 0 Å². The Morgan fingerprint density at radius 1 is 1.38 bits per heavy atom. The molecule has 0 unspecified atom stereocenters. The molecule has 13 heavy (non-hydrogen) atoms. The molecule has 0 saturated carbocycles. The first-order valence-electron chi connectivity index (χ1n) is 4.45. The molecule has 1 fully saturated rings. The van der Waals surface area contributed by atoms with E-state index < -0.39 is 10.0 Å². The second kappa shape index (κ2) is 3.94. The van der Waals surface area contributed by atoms with Crippen molar-refractivity contribution in [1.29, 1.82) is 0 Å². The van der Waals surface area contributed by atoms with Crippen molar-refractivity contribution in [3.63, 3.8) is 0 Å². The van der Waals surface area contributed by atoms with E-state index in [2.05, 4.69) is 0 Å². The summed E-state index contributed by atoms with van der Waals surface area (Å²) in [6.45, 7) is 3.03. The minimum Gasteiger partial charge on any atom is -0.381 e. The van der Waals surface area contributed by atoms with Crippen LogP contribution >= 0.6 is 0 Å². The average molecular weight is 207 g/mol. The van der Waals surface area contributed by atoms with E-state index in [0.717, 1.165) is 0 Å². The van der Waals surface area contributed by atoms with Crippen LogP contribution < -0.4 is 0 Å². The summed E-state index contributed by atoms with van der Waals surface area (Å²) in [6, 6.07) is 0. The fraction of sp³-hybridized carbons (Fsp3) is 1.00. The van der Waals surface area contributed by atoms with Crippen LogP contribution in [0, 0.1) is 5.92 Å². The van der Waals surface area contributed by atoms with Gasteiger partial charge < -0.3 is 4.74 Å². The molecular formula is C8H17NO3S. The van der Waals surface area contributed by atoms with Crippen LogP contribution in [-0.2, 0) is 14.8 Å². The van der Waals surface area contributed by atoms with Gasteiger partial charge in [-0.2, -0.15) is 0 Å². The summed E-state index contributed by atoms with van der Waals surface area (Å²) in [6.07, 6.45) is 0.613. The summed E-state index contributed by atoms with van der Waals surface area (Å²) in [5, 5.41) is -0.267. The first kappa shape index (κ1) is 10.9. The van der Waals surface area contributed by atoms with Gasteiger partial charge in [0.05, 0.1) is 11.9 Å². The zero-order valence-electron chi connectivity index (χ0n) is 8.36. The maximum Gasteiger partial charge on any atom is 0.216 e. The molecule has 78 valence electrons. The van der Waals surface area contributed by atoms with Crippen molar-refractivity contribution in [3.05, 3.63) is 0 Å². The Hall–Kier alpha value is -0.130. The Morgan fingerprint density at radius 2 is 2.00 bits per heavy atom. The van der Waals surface area contributed by atoms with E-state index in [4.69, 9.17) is 4.74 Å². The largest absolute Gasteiger partial charge is 0.381 e. The van der Waals surface area contributed by atoms with Gasteiger partial charge in [-0.15, -0.1) is 0 Å². The van der Waals surface area contributed by atoms with Crippen LogP contribution in [0.5, 0.6) is 0 Å². The fourth-order valence-electron chi connectivity index (χ4n) is 1.57. The van der Waals surface area contributed by atoms with Gasteiger partial charge in [0.1, 0.15) is 0 Å². The number of hydrogen-bond acceptors (Lipinski definition) is 3. The van der Waals surface area contributed by atoms with E-state index in [1.165, 1.54) is 4.31 Å². The molecule has 0 aromatic rings. The fourth-order valence-corrected chi connectivity index (χ4v) is 3.18. The number of hydrogen-bond donors (Lipinski definition) is 0. The van der Waals surface area contributed by atoms with Crippen molar-refractivity contribution in [2.45, 2.75) is 18.6 Å². The molecule has 1 rings (SSSR count). The predicted octanol–water partition coefficient (Wildman–Crippen LogP) is 0.303. The van der Waals surface area contributed by atoms with Gasteiger partial charge in [0.25, 0.3) is 0 Å². The van der Waals surface area contributed by atoms with Crippen LogP contribution in [0.3, 0.4) is 0 Å². The second-order valence-electron chi connectivity index (χ2n) is 3.71. The number of sulfonamides is 1. The van der Waals surface area contributed by atoms with Crippen molar-refractivity contribution >= 4 is 10.0 Å². The summed E-state index contributed by atoms with van der Waals surface area (Å²) in [7, 11) is 0.0659.